The van der Waals surface area contributed by atoms with Crippen LogP contribution >= 0.6 is 118 Å². The monoisotopic (exact) mass is 758 g/mol. The predicted octanol–water partition coefficient (Wildman–Crippen LogP) is 12.5. The van der Waals surface area contributed by atoms with Gasteiger partial charge in [0, 0.05) is 16.0 Å². The standard InChI is InChI=1S/C24H41Br3S6/c1-2-3-7-14-21-28-22(15-8-4-11-18-25)31-23(29-21,16-9-5-12-19-26)33-24(30-21,32-22)17-10-6-13-20-27/h2-20H2,1H3. The van der Waals surface area contributed by atoms with E-state index in [9.17, 15) is 0 Å². The molecule has 4 aliphatic rings. The van der Waals surface area contributed by atoms with E-state index in [1.54, 1.807) is 0 Å². The smallest absolute Gasteiger partial charge is 0.104 e. The van der Waals surface area contributed by atoms with Gasteiger partial charge in [-0.3, -0.25) is 0 Å². The number of hydrogen-bond acceptors (Lipinski definition) is 6. The Morgan fingerprint density at radius 1 is 0.394 bits per heavy atom. The summed E-state index contributed by atoms with van der Waals surface area (Å²) < 4.78 is 1.53. The molecule has 9 heteroatoms. The van der Waals surface area contributed by atoms with Crippen molar-refractivity contribution < 1.29 is 0 Å². The normalized spacial score (nSPS) is 34.9. The Morgan fingerprint density at radius 3 is 0.909 bits per heavy atom. The third-order valence-corrected chi connectivity index (χ3v) is 20.2. The van der Waals surface area contributed by atoms with Crippen molar-refractivity contribution in [3.05, 3.63) is 0 Å². The fourth-order valence-electron chi connectivity index (χ4n) is 4.71. The molecule has 0 amide bonds. The Hall–Kier alpha value is 3.54. The van der Waals surface area contributed by atoms with Gasteiger partial charge in [-0.05, 0) is 44.9 Å². The fourth-order valence-corrected chi connectivity index (χ4v) is 27.7. The van der Waals surface area contributed by atoms with Gasteiger partial charge in [0.15, 0.2) is 0 Å². The third-order valence-electron chi connectivity index (χ3n) is 6.30. The Labute approximate surface area is 254 Å². The molecule has 0 N–H and O–H groups in total. The number of halogens is 3. The molecule has 4 rings (SSSR count). The van der Waals surface area contributed by atoms with E-state index >= 15 is 0 Å². The highest BCUT2D eigenvalue weighted by atomic mass is 79.9. The molecule has 194 valence electrons. The summed E-state index contributed by atoms with van der Waals surface area (Å²) in [5, 5.41) is 3.47. The Morgan fingerprint density at radius 2 is 0.667 bits per heavy atom. The molecule has 0 atom stereocenters. The average Bonchev–Trinajstić information content (AvgIpc) is 2.77. The molecule has 4 heterocycles. The highest BCUT2D eigenvalue weighted by Crippen LogP contribution is 2.91. The van der Waals surface area contributed by atoms with E-state index < -0.39 is 0 Å². The zero-order valence-electron chi connectivity index (χ0n) is 20.0. The molecule has 4 fully saturated rings. The van der Waals surface area contributed by atoms with Crippen molar-refractivity contribution in [2.24, 2.45) is 0 Å². The van der Waals surface area contributed by atoms with Crippen molar-refractivity contribution in [1.29, 1.82) is 0 Å². The van der Waals surface area contributed by atoms with E-state index in [1.807, 2.05) is 0 Å². The van der Waals surface area contributed by atoms with Crippen LogP contribution in [0.1, 0.15) is 110 Å². The molecular formula is C24H41Br3S6. The van der Waals surface area contributed by atoms with Gasteiger partial charge in [-0.15, -0.1) is 70.6 Å². The summed E-state index contributed by atoms with van der Waals surface area (Å²) in [4.78, 5) is 0. The number of unbranched alkanes of at least 4 members (excludes halogenated alkanes) is 8. The van der Waals surface area contributed by atoms with Crippen molar-refractivity contribution in [3.63, 3.8) is 0 Å². The number of rotatable bonds is 19. The van der Waals surface area contributed by atoms with Gasteiger partial charge in [-0.2, -0.15) is 0 Å². The molecule has 0 spiro atoms. The van der Waals surface area contributed by atoms with Crippen LogP contribution in [0, 0.1) is 0 Å². The zero-order valence-corrected chi connectivity index (χ0v) is 29.7. The van der Waals surface area contributed by atoms with E-state index in [0.717, 1.165) is 16.0 Å². The van der Waals surface area contributed by atoms with E-state index in [4.69, 9.17) is 0 Å². The van der Waals surface area contributed by atoms with Gasteiger partial charge < -0.3 is 0 Å². The maximum atomic E-state index is 3.65. The van der Waals surface area contributed by atoms with Crippen molar-refractivity contribution in [3.8, 4) is 0 Å². The lowest BCUT2D eigenvalue weighted by atomic mass is 10.2. The van der Waals surface area contributed by atoms with Gasteiger partial charge in [-0.1, -0.05) is 113 Å². The van der Waals surface area contributed by atoms with Crippen LogP contribution in [0.2, 0.25) is 0 Å². The molecule has 33 heavy (non-hydrogen) atoms. The van der Waals surface area contributed by atoms with E-state index in [1.165, 1.54) is 103 Å². The minimum atomic E-state index is 0.380. The van der Waals surface area contributed by atoms with Crippen LogP contribution in [0.5, 0.6) is 0 Å². The number of alkyl halides is 3. The first-order valence-electron chi connectivity index (χ1n) is 12.9. The molecule has 4 bridgehead atoms. The molecule has 0 nitrogen and oxygen atoms in total. The highest BCUT2D eigenvalue weighted by Gasteiger charge is 2.71. The van der Waals surface area contributed by atoms with Gasteiger partial charge in [0.1, 0.15) is 13.6 Å². The summed E-state index contributed by atoms with van der Waals surface area (Å²) in [7, 11) is 0. The predicted molar refractivity (Wildman–Crippen MR) is 177 cm³/mol. The summed E-state index contributed by atoms with van der Waals surface area (Å²) in [6.07, 6.45) is 22.0. The topological polar surface area (TPSA) is 0 Å². The van der Waals surface area contributed by atoms with E-state index in [2.05, 4.69) is 125 Å². The van der Waals surface area contributed by atoms with E-state index in [-0.39, 0.29) is 0 Å². The zero-order chi connectivity index (χ0) is 23.7. The maximum absolute atomic E-state index is 3.65. The van der Waals surface area contributed by atoms with E-state index in [0.29, 0.717) is 13.6 Å². The maximum Gasteiger partial charge on any atom is 0.113 e. The van der Waals surface area contributed by atoms with Crippen LogP contribution in [0.25, 0.3) is 0 Å². The second-order valence-electron chi connectivity index (χ2n) is 9.30. The van der Waals surface area contributed by atoms with Crippen LogP contribution in [0.3, 0.4) is 0 Å². The first-order chi connectivity index (χ1) is 16.0. The van der Waals surface area contributed by atoms with Crippen LogP contribution in [0.4, 0.5) is 0 Å². The molecule has 0 aliphatic carbocycles. The van der Waals surface area contributed by atoms with Gasteiger partial charge >= 0.3 is 0 Å². The lowest BCUT2D eigenvalue weighted by Crippen LogP contribution is -2.53. The molecule has 0 saturated carbocycles. The Kier molecular flexibility index (Phi) is 14.5. The highest BCUT2D eigenvalue weighted by molar-refractivity contribution is 9.09. The van der Waals surface area contributed by atoms with Crippen molar-refractivity contribution in [2.75, 3.05) is 16.0 Å². The van der Waals surface area contributed by atoms with Crippen molar-refractivity contribution in [2.45, 2.75) is 123 Å². The summed E-state index contributed by atoms with van der Waals surface area (Å²) in [6, 6.07) is 0. The number of thioether (sulfide) groups is 6. The fraction of sp³-hybridized carbons (Fsp3) is 1.00. The minimum absolute atomic E-state index is 0.380. The summed E-state index contributed by atoms with van der Waals surface area (Å²) in [5.41, 5.74) is 0. The van der Waals surface area contributed by atoms with Gasteiger partial charge in [-0.25, -0.2) is 0 Å². The van der Waals surface area contributed by atoms with Gasteiger partial charge in [0.05, 0.1) is 0 Å². The Bertz CT molecular complexity index is 503. The lowest BCUT2D eigenvalue weighted by molar-refractivity contribution is 0.646. The van der Waals surface area contributed by atoms with Crippen LogP contribution in [-0.4, -0.2) is 29.6 Å². The molecule has 0 unspecified atom stereocenters. The minimum Gasteiger partial charge on any atom is -0.104 e. The Balaban J connectivity index is 1.82. The van der Waals surface area contributed by atoms with Crippen LogP contribution < -0.4 is 0 Å². The quantitative estimate of drug-likeness (QED) is 0.0943. The average molecular weight is 762 g/mol. The summed E-state index contributed by atoms with van der Waals surface area (Å²) >= 11 is 25.4. The number of hydrogen-bond donors (Lipinski definition) is 0. The molecule has 0 aromatic heterocycles. The second-order valence-corrected chi connectivity index (χ2v) is 24.4. The van der Waals surface area contributed by atoms with Gasteiger partial charge in [0.2, 0.25) is 0 Å². The molecule has 0 aromatic rings. The molecule has 0 aromatic carbocycles. The van der Waals surface area contributed by atoms with Crippen LogP contribution in [0.15, 0.2) is 0 Å². The van der Waals surface area contributed by atoms with Gasteiger partial charge in [0.25, 0.3) is 0 Å². The summed E-state index contributed by atoms with van der Waals surface area (Å²) in [5.74, 6) is 0. The largest absolute Gasteiger partial charge is 0.113 e. The lowest BCUT2D eigenvalue weighted by Gasteiger charge is -2.67. The third kappa shape index (κ3) is 9.03. The second kappa shape index (κ2) is 15.4. The summed E-state index contributed by atoms with van der Waals surface area (Å²) in [6.45, 7) is 2.36. The molecule has 0 radical (unpaired) electrons. The van der Waals surface area contributed by atoms with Crippen LogP contribution in [-0.2, 0) is 0 Å². The van der Waals surface area contributed by atoms with Crippen molar-refractivity contribution >= 4 is 118 Å². The first-order valence-corrected chi connectivity index (χ1v) is 21.1. The first kappa shape index (κ1) is 31.1. The van der Waals surface area contributed by atoms with Crippen molar-refractivity contribution in [1.82, 2.24) is 0 Å². The molecule has 4 saturated heterocycles. The SMILES string of the molecule is CCCCCC12SC3(CCCCCBr)SC(CCCCCBr)(S1)SC(CCCCCBr)(S2)S3. The molecular weight excluding hydrogens is 720 g/mol. The molecule has 4 aliphatic heterocycles.